The summed E-state index contributed by atoms with van der Waals surface area (Å²) in [6.45, 7) is 3.19. The Morgan fingerprint density at radius 3 is 0.909 bits per heavy atom. The Hall–Kier alpha value is 0.460. The van der Waals surface area contributed by atoms with Crippen LogP contribution in [0, 0.1) is 0 Å². The summed E-state index contributed by atoms with van der Waals surface area (Å²) >= 11 is 0. The van der Waals surface area contributed by atoms with Gasteiger partial charge in [-0.3, -0.25) is 0 Å². The molecule has 4 saturated heterocycles. The minimum absolute atomic E-state index is 0.106. The molecule has 0 unspecified atom stereocenters. The van der Waals surface area contributed by atoms with Gasteiger partial charge in [-0.25, -0.2) is 0 Å². The fourth-order valence-corrected chi connectivity index (χ4v) is 7.83. The van der Waals surface area contributed by atoms with Crippen molar-refractivity contribution >= 4 is 15.5 Å². The Bertz CT molecular complexity index is 336. The molecular weight excluding hydrogens is 342 g/mol. The summed E-state index contributed by atoms with van der Waals surface area (Å²) in [7, 11) is -7.71. The number of hydrogen-bond donors (Lipinski definition) is 0. The van der Waals surface area contributed by atoms with Gasteiger partial charge >= 0.3 is 127 Å². The van der Waals surface area contributed by atoms with E-state index in [1.54, 1.807) is 0 Å². The van der Waals surface area contributed by atoms with Gasteiger partial charge in [0.2, 0.25) is 0 Å². The molecular formula is C10H20O10P2. The zero-order chi connectivity index (χ0) is 15.0. The van der Waals surface area contributed by atoms with Crippen LogP contribution in [0.5, 0.6) is 0 Å². The quantitative estimate of drug-likeness (QED) is 0.529. The third-order valence-electron chi connectivity index (χ3n) is 3.44. The van der Waals surface area contributed by atoms with Gasteiger partial charge < -0.3 is 0 Å². The van der Waals surface area contributed by atoms with E-state index in [-0.39, 0.29) is 13.2 Å². The molecule has 4 heterocycles. The van der Waals surface area contributed by atoms with Crippen LogP contribution in [0.2, 0.25) is 0 Å². The molecule has 22 heavy (non-hydrogen) atoms. The number of hydrogen-bond acceptors (Lipinski definition) is 10. The van der Waals surface area contributed by atoms with E-state index >= 15 is 0 Å². The van der Waals surface area contributed by atoms with Crippen molar-refractivity contribution < 1.29 is 45.2 Å². The van der Waals surface area contributed by atoms with Crippen molar-refractivity contribution in [3.63, 3.8) is 0 Å². The van der Waals surface area contributed by atoms with Crippen LogP contribution in [-0.4, -0.2) is 66.1 Å². The summed E-state index contributed by atoms with van der Waals surface area (Å²) in [5.41, 5.74) is 0. The van der Waals surface area contributed by atoms with Gasteiger partial charge in [0.25, 0.3) is 0 Å². The van der Waals surface area contributed by atoms with Gasteiger partial charge in [-0.1, -0.05) is 0 Å². The van der Waals surface area contributed by atoms with Crippen LogP contribution in [-0.2, 0) is 45.2 Å². The fraction of sp³-hybridized carbons (Fsp3) is 1.00. The van der Waals surface area contributed by atoms with Crippen LogP contribution < -0.4 is 0 Å². The maximum atomic E-state index is 5.71. The van der Waals surface area contributed by atoms with Crippen LogP contribution in [0.1, 0.15) is 0 Å². The van der Waals surface area contributed by atoms with E-state index in [4.69, 9.17) is 45.2 Å². The molecule has 4 aliphatic rings. The molecule has 0 radical (unpaired) electrons. The van der Waals surface area contributed by atoms with Crippen molar-refractivity contribution in [3.8, 4) is 0 Å². The maximum absolute atomic E-state index is 5.71. The predicted molar refractivity (Wildman–Crippen MR) is 73.4 cm³/mol. The van der Waals surface area contributed by atoms with Crippen LogP contribution in [0.15, 0.2) is 0 Å². The molecule has 4 rings (SSSR count). The first kappa shape index (κ1) is 16.0. The Kier molecular flexibility index (Phi) is 3.98. The van der Waals surface area contributed by atoms with Crippen molar-refractivity contribution in [2.45, 2.75) is 0 Å². The van der Waals surface area contributed by atoms with E-state index in [0.717, 1.165) is 0 Å². The summed E-state index contributed by atoms with van der Waals surface area (Å²) < 4.78 is 55.8. The molecule has 0 aromatic carbocycles. The zero-order valence-electron chi connectivity index (χ0n) is 12.0. The third-order valence-corrected chi connectivity index (χ3v) is 9.48. The molecule has 4 fully saturated rings. The van der Waals surface area contributed by atoms with Crippen molar-refractivity contribution in [3.05, 3.63) is 0 Å². The van der Waals surface area contributed by atoms with Gasteiger partial charge in [0, 0.05) is 0 Å². The average molecular weight is 362 g/mol. The van der Waals surface area contributed by atoms with Crippen molar-refractivity contribution in [1.82, 2.24) is 0 Å². The predicted octanol–water partition coefficient (Wildman–Crippen LogP) is 1.46. The molecule has 4 aliphatic heterocycles. The molecule has 0 saturated carbocycles. The second kappa shape index (κ2) is 5.49. The van der Waals surface area contributed by atoms with Crippen LogP contribution in [0.25, 0.3) is 0 Å². The standard InChI is InChI=1S/C10H20O10P2/c1-2-12-21(11-1,13-3-4-14-21)19-9-10-20-22(15-5-6-16-22)17-7-8-18-22/h1-10H2. The minimum atomic E-state index is -3.85. The Labute approximate surface area is 127 Å². The van der Waals surface area contributed by atoms with E-state index < -0.39 is 15.5 Å². The van der Waals surface area contributed by atoms with Crippen molar-refractivity contribution in [2.75, 3.05) is 66.1 Å². The fourth-order valence-electron chi connectivity index (χ4n) is 2.61. The first-order chi connectivity index (χ1) is 10.7. The first-order valence-electron chi connectivity index (χ1n) is 7.21. The van der Waals surface area contributed by atoms with Gasteiger partial charge in [0.05, 0.1) is 0 Å². The molecule has 12 heteroatoms. The Morgan fingerprint density at radius 2 is 0.682 bits per heavy atom. The topological polar surface area (TPSA) is 92.3 Å². The average Bonchev–Trinajstić information content (AvgIpc) is 3.30. The normalized spacial score (nSPS) is 37.8. The molecule has 0 N–H and O–H groups in total. The summed E-state index contributed by atoms with van der Waals surface area (Å²) in [4.78, 5) is 0. The monoisotopic (exact) mass is 362 g/mol. The van der Waals surface area contributed by atoms with Gasteiger partial charge in [0.1, 0.15) is 0 Å². The molecule has 0 atom stereocenters. The summed E-state index contributed by atoms with van der Waals surface area (Å²) in [6, 6.07) is 0. The second-order valence-corrected chi connectivity index (χ2v) is 10.4. The zero-order valence-corrected chi connectivity index (χ0v) is 13.8. The van der Waals surface area contributed by atoms with E-state index in [0.29, 0.717) is 52.9 Å². The SMILES string of the molecule is C(COP12(OCCO1)OCCO2)OP12(OCCO1)OCCO2. The second-order valence-electron chi connectivity index (χ2n) is 4.82. The van der Waals surface area contributed by atoms with E-state index in [1.807, 2.05) is 0 Å². The molecule has 0 amide bonds. The van der Waals surface area contributed by atoms with Gasteiger partial charge in [-0.15, -0.1) is 0 Å². The van der Waals surface area contributed by atoms with E-state index in [9.17, 15) is 0 Å². The molecule has 130 valence electrons. The van der Waals surface area contributed by atoms with Crippen molar-refractivity contribution in [2.24, 2.45) is 0 Å². The van der Waals surface area contributed by atoms with Gasteiger partial charge in [0.15, 0.2) is 0 Å². The summed E-state index contributed by atoms with van der Waals surface area (Å²) in [6.07, 6.45) is 0. The Balaban J connectivity index is 1.35. The van der Waals surface area contributed by atoms with Crippen LogP contribution in [0.3, 0.4) is 0 Å². The molecule has 0 aromatic rings. The number of rotatable bonds is 5. The van der Waals surface area contributed by atoms with E-state index in [2.05, 4.69) is 0 Å². The summed E-state index contributed by atoms with van der Waals surface area (Å²) in [5.74, 6) is 0. The molecule has 2 spiro atoms. The first-order valence-corrected chi connectivity index (χ1v) is 10.9. The van der Waals surface area contributed by atoms with Crippen LogP contribution in [0.4, 0.5) is 0 Å². The molecule has 0 aromatic heterocycles. The Morgan fingerprint density at radius 1 is 0.455 bits per heavy atom. The molecule has 10 nitrogen and oxygen atoms in total. The summed E-state index contributed by atoms with van der Waals surface area (Å²) in [5, 5.41) is 0. The van der Waals surface area contributed by atoms with Gasteiger partial charge in [-0.05, 0) is 0 Å². The van der Waals surface area contributed by atoms with E-state index in [1.165, 1.54) is 0 Å². The molecule has 0 bridgehead atoms. The van der Waals surface area contributed by atoms with Crippen molar-refractivity contribution in [1.29, 1.82) is 0 Å². The molecule has 0 aliphatic carbocycles. The van der Waals surface area contributed by atoms with Crippen LogP contribution >= 0.6 is 15.5 Å². The van der Waals surface area contributed by atoms with Gasteiger partial charge in [-0.2, -0.15) is 0 Å². The third kappa shape index (κ3) is 2.52.